The summed E-state index contributed by atoms with van der Waals surface area (Å²) in [5, 5.41) is 12.8. The highest BCUT2D eigenvalue weighted by atomic mass is 16.5. The fraction of sp³-hybridized carbons (Fsp3) is 0.867. The van der Waals surface area contributed by atoms with E-state index in [1.807, 2.05) is 18.7 Å². The number of amides is 1. The van der Waals surface area contributed by atoms with Gasteiger partial charge in [0.25, 0.3) is 0 Å². The first kappa shape index (κ1) is 17.9. The highest BCUT2D eigenvalue weighted by Gasteiger charge is 2.31. The van der Waals surface area contributed by atoms with Crippen LogP contribution in [0.1, 0.15) is 40.0 Å². The van der Waals surface area contributed by atoms with E-state index in [1.54, 1.807) is 6.92 Å². The number of piperidine rings is 1. The Labute approximate surface area is 126 Å². The smallest absolute Gasteiger partial charge is 0.328 e. The van der Waals surface area contributed by atoms with Crippen LogP contribution >= 0.6 is 0 Å². The van der Waals surface area contributed by atoms with Gasteiger partial charge >= 0.3 is 5.97 Å². The number of ether oxygens (including phenoxy) is 1. The molecule has 0 aromatic carbocycles. The van der Waals surface area contributed by atoms with Gasteiger partial charge < -0.3 is 15.2 Å². The SMILES string of the molecule is CCC(C)C(NC(=O)CN1CCCC(C)(O)C1)C(=O)OC. The molecule has 3 atom stereocenters. The summed E-state index contributed by atoms with van der Waals surface area (Å²) in [5.41, 5.74) is -0.739. The Morgan fingerprint density at radius 2 is 2.14 bits per heavy atom. The number of likely N-dealkylation sites (tertiary alicyclic amines) is 1. The van der Waals surface area contributed by atoms with Crippen molar-refractivity contribution in [2.45, 2.75) is 51.7 Å². The van der Waals surface area contributed by atoms with Crippen molar-refractivity contribution in [3.8, 4) is 0 Å². The molecule has 122 valence electrons. The van der Waals surface area contributed by atoms with Crippen molar-refractivity contribution in [2.24, 2.45) is 5.92 Å². The number of methoxy groups -OCH3 is 1. The van der Waals surface area contributed by atoms with E-state index in [0.717, 1.165) is 25.8 Å². The number of hydrogen-bond donors (Lipinski definition) is 2. The first-order chi connectivity index (χ1) is 9.79. The zero-order valence-corrected chi connectivity index (χ0v) is 13.5. The maximum Gasteiger partial charge on any atom is 0.328 e. The Balaban J connectivity index is 2.55. The van der Waals surface area contributed by atoms with E-state index in [2.05, 4.69) is 5.32 Å². The molecule has 6 heteroatoms. The third kappa shape index (κ3) is 5.63. The van der Waals surface area contributed by atoms with E-state index in [0.29, 0.717) is 6.54 Å². The van der Waals surface area contributed by atoms with Gasteiger partial charge in [0.15, 0.2) is 0 Å². The van der Waals surface area contributed by atoms with Crippen molar-refractivity contribution >= 4 is 11.9 Å². The van der Waals surface area contributed by atoms with Gasteiger partial charge in [0, 0.05) is 6.54 Å². The minimum Gasteiger partial charge on any atom is -0.467 e. The number of β-amino-alcohol motifs (C(OH)–C–C–N with tert-alkyl or cyclic N) is 1. The largest absolute Gasteiger partial charge is 0.467 e. The minimum absolute atomic E-state index is 0.0193. The van der Waals surface area contributed by atoms with Crippen LogP contribution in [0.3, 0.4) is 0 Å². The summed E-state index contributed by atoms with van der Waals surface area (Å²) in [6.07, 6.45) is 2.40. The second kappa shape index (κ2) is 7.75. The highest BCUT2D eigenvalue weighted by Crippen LogP contribution is 2.19. The lowest BCUT2D eigenvalue weighted by molar-refractivity contribution is -0.147. The fourth-order valence-electron chi connectivity index (χ4n) is 2.68. The van der Waals surface area contributed by atoms with Gasteiger partial charge in [-0.25, -0.2) is 4.79 Å². The number of carbonyl (C=O) groups excluding carboxylic acids is 2. The van der Waals surface area contributed by atoms with Gasteiger partial charge in [-0.05, 0) is 32.2 Å². The Morgan fingerprint density at radius 1 is 1.48 bits per heavy atom. The number of hydrogen-bond acceptors (Lipinski definition) is 5. The lowest BCUT2D eigenvalue weighted by Crippen LogP contribution is -2.52. The molecule has 0 bridgehead atoms. The molecule has 1 heterocycles. The van der Waals surface area contributed by atoms with Crippen LogP contribution in [-0.4, -0.2) is 60.3 Å². The molecular formula is C15H28N2O4. The predicted molar refractivity (Wildman–Crippen MR) is 79.7 cm³/mol. The molecule has 1 fully saturated rings. The molecule has 1 rings (SSSR count). The zero-order chi connectivity index (χ0) is 16.0. The molecule has 6 nitrogen and oxygen atoms in total. The van der Waals surface area contributed by atoms with Crippen molar-refractivity contribution in [2.75, 3.05) is 26.7 Å². The van der Waals surface area contributed by atoms with Gasteiger partial charge in [-0.2, -0.15) is 0 Å². The molecule has 1 saturated heterocycles. The van der Waals surface area contributed by atoms with Crippen molar-refractivity contribution in [3.63, 3.8) is 0 Å². The van der Waals surface area contributed by atoms with Crippen LogP contribution in [0.4, 0.5) is 0 Å². The van der Waals surface area contributed by atoms with Crippen molar-refractivity contribution < 1.29 is 19.4 Å². The number of nitrogens with zero attached hydrogens (tertiary/aromatic N) is 1. The number of esters is 1. The second-order valence-electron chi connectivity index (χ2n) is 6.27. The van der Waals surface area contributed by atoms with Gasteiger partial charge in [-0.15, -0.1) is 0 Å². The van der Waals surface area contributed by atoms with Crippen LogP contribution in [-0.2, 0) is 14.3 Å². The van der Waals surface area contributed by atoms with Crippen molar-refractivity contribution in [1.82, 2.24) is 10.2 Å². The Kier molecular flexibility index (Phi) is 6.61. The Hall–Kier alpha value is -1.14. The molecule has 0 spiro atoms. The summed E-state index contributed by atoms with van der Waals surface area (Å²) in [6.45, 7) is 7.12. The summed E-state index contributed by atoms with van der Waals surface area (Å²) in [6, 6.07) is -0.613. The lowest BCUT2D eigenvalue weighted by Gasteiger charge is -2.36. The molecule has 2 N–H and O–H groups in total. The van der Waals surface area contributed by atoms with Gasteiger partial charge in [0.2, 0.25) is 5.91 Å². The minimum atomic E-state index is -0.739. The van der Waals surface area contributed by atoms with Crippen molar-refractivity contribution in [1.29, 1.82) is 0 Å². The van der Waals surface area contributed by atoms with Crippen molar-refractivity contribution in [3.05, 3.63) is 0 Å². The number of aliphatic hydroxyl groups is 1. The van der Waals surface area contributed by atoms with E-state index in [1.165, 1.54) is 7.11 Å². The van der Waals surface area contributed by atoms with Crippen LogP contribution in [0.15, 0.2) is 0 Å². The molecule has 1 aliphatic rings. The average molecular weight is 300 g/mol. The van der Waals surface area contributed by atoms with E-state index in [9.17, 15) is 14.7 Å². The summed E-state index contributed by atoms with van der Waals surface area (Å²) < 4.78 is 4.75. The summed E-state index contributed by atoms with van der Waals surface area (Å²) in [5.74, 6) is -0.599. The molecule has 0 aromatic rings. The Bertz CT molecular complexity index is 371. The average Bonchev–Trinajstić information content (AvgIpc) is 2.42. The molecule has 0 radical (unpaired) electrons. The fourth-order valence-corrected chi connectivity index (χ4v) is 2.68. The standard InChI is InChI=1S/C15H28N2O4/c1-5-11(2)13(14(19)21-4)16-12(18)9-17-8-6-7-15(3,20)10-17/h11,13,20H,5-10H2,1-4H3,(H,16,18). The third-order valence-corrected chi connectivity index (χ3v) is 4.11. The van der Waals surface area contributed by atoms with Gasteiger partial charge in [-0.1, -0.05) is 20.3 Å². The summed E-state index contributed by atoms with van der Waals surface area (Å²) >= 11 is 0. The number of nitrogens with one attached hydrogen (secondary N) is 1. The molecule has 1 aliphatic heterocycles. The normalized spacial score (nSPS) is 26.0. The van der Waals surface area contributed by atoms with Gasteiger partial charge in [0.1, 0.15) is 6.04 Å². The van der Waals surface area contributed by atoms with Crippen LogP contribution in [0, 0.1) is 5.92 Å². The van der Waals surface area contributed by atoms with Gasteiger partial charge in [-0.3, -0.25) is 9.69 Å². The summed E-state index contributed by atoms with van der Waals surface area (Å²) in [7, 11) is 1.33. The highest BCUT2D eigenvalue weighted by molar-refractivity contribution is 5.85. The van der Waals surface area contributed by atoms with Crippen LogP contribution < -0.4 is 5.32 Å². The molecule has 21 heavy (non-hydrogen) atoms. The molecule has 1 amide bonds. The van der Waals surface area contributed by atoms with Gasteiger partial charge in [0.05, 0.1) is 19.3 Å². The lowest BCUT2D eigenvalue weighted by atomic mass is 9.95. The van der Waals surface area contributed by atoms with E-state index < -0.39 is 17.6 Å². The van der Waals surface area contributed by atoms with Crippen LogP contribution in [0.5, 0.6) is 0 Å². The maximum atomic E-state index is 12.1. The van der Waals surface area contributed by atoms with E-state index >= 15 is 0 Å². The first-order valence-electron chi connectivity index (χ1n) is 7.61. The monoisotopic (exact) mass is 300 g/mol. The molecule has 0 aliphatic carbocycles. The molecule has 0 saturated carbocycles. The maximum absolute atomic E-state index is 12.1. The van der Waals surface area contributed by atoms with E-state index in [-0.39, 0.29) is 18.4 Å². The molecular weight excluding hydrogens is 272 g/mol. The Morgan fingerprint density at radius 3 is 2.67 bits per heavy atom. The number of carbonyl (C=O) groups is 2. The van der Waals surface area contributed by atoms with Crippen LogP contribution in [0.25, 0.3) is 0 Å². The molecule has 0 aromatic heterocycles. The topological polar surface area (TPSA) is 78.9 Å². The summed E-state index contributed by atoms with van der Waals surface area (Å²) in [4.78, 5) is 25.8. The van der Waals surface area contributed by atoms with Crippen LogP contribution in [0.2, 0.25) is 0 Å². The quantitative estimate of drug-likeness (QED) is 0.700. The third-order valence-electron chi connectivity index (χ3n) is 4.11. The predicted octanol–water partition coefficient (Wildman–Crippen LogP) is 0.537. The first-order valence-corrected chi connectivity index (χ1v) is 7.61. The number of rotatable bonds is 6. The molecule has 3 unspecified atom stereocenters. The zero-order valence-electron chi connectivity index (χ0n) is 13.5. The second-order valence-corrected chi connectivity index (χ2v) is 6.27. The van der Waals surface area contributed by atoms with E-state index in [4.69, 9.17) is 4.74 Å².